The molecule has 1 saturated carbocycles. The second kappa shape index (κ2) is 5.48. The van der Waals surface area contributed by atoms with Crippen LogP contribution in [0.15, 0.2) is 0 Å². The Morgan fingerprint density at radius 1 is 1.42 bits per heavy atom. The van der Waals surface area contributed by atoms with Crippen LogP contribution in [0.3, 0.4) is 0 Å². The van der Waals surface area contributed by atoms with Gasteiger partial charge in [-0.25, -0.2) is 0 Å². The molecule has 1 aliphatic carbocycles. The largest absolute Gasteiger partial charge is 0.198 e. The van der Waals surface area contributed by atoms with Gasteiger partial charge in [0.15, 0.2) is 0 Å². The number of hydrogen-bond acceptors (Lipinski definition) is 2. The molecule has 0 aromatic carbocycles. The normalized spacial score (nSPS) is 29.7. The lowest BCUT2D eigenvalue weighted by Gasteiger charge is -2.25. The van der Waals surface area contributed by atoms with E-state index in [0.717, 1.165) is 6.42 Å². The van der Waals surface area contributed by atoms with Crippen LogP contribution in [0.5, 0.6) is 0 Å². The lowest BCUT2D eigenvalue weighted by atomic mass is 9.90. The number of rotatable bonds is 3. The number of thioether (sulfide) groups is 1. The van der Waals surface area contributed by atoms with Crippen molar-refractivity contribution in [3.8, 4) is 6.07 Å². The van der Waals surface area contributed by atoms with E-state index in [4.69, 9.17) is 5.26 Å². The first kappa shape index (κ1) is 9.92. The van der Waals surface area contributed by atoms with Crippen molar-refractivity contribution in [2.75, 3.05) is 5.75 Å². The molecule has 0 bridgehead atoms. The molecule has 0 amide bonds. The minimum absolute atomic E-state index is 0.343. The van der Waals surface area contributed by atoms with E-state index in [0.29, 0.717) is 11.2 Å². The van der Waals surface area contributed by atoms with Crippen LogP contribution in [0.2, 0.25) is 0 Å². The van der Waals surface area contributed by atoms with Crippen LogP contribution < -0.4 is 0 Å². The van der Waals surface area contributed by atoms with Gasteiger partial charge in [0, 0.05) is 5.25 Å². The van der Waals surface area contributed by atoms with Crippen LogP contribution >= 0.6 is 11.8 Å². The molecule has 0 spiro atoms. The monoisotopic (exact) mass is 183 g/mol. The van der Waals surface area contributed by atoms with Crippen molar-refractivity contribution in [3.63, 3.8) is 0 Å². The predicted octanol–water partition coefficient (Wildman–Crippen LogP) is 3.21. The third kappa shape index (κ3) is 2.71. The molecule has 12 heavy (non-hydrogen) atoms. The smallest absolute Gasteiger partial charge is 0.0667 e. The number of nitriles is 1. The van der Waals surface area contributed by atoms with Gasteiger partial charge in [-0.1, -0.05) is 19.8 Å². The topological polar surface area (TPSA) is 23.8 Å². The Kier molecular flexibility index (Phi) is 4.53. The molecule has 68 valence electrons. The van der Waals surface area contributed by atoms with E-state index in [1.807, 2.05) is 11.8 Å². The Hall–Kier alpha value is -0.160. The van der Waals surface area contributed by atoms with Crippen molar-refractivity contribution in [2.24, 2.45) is 5.92 Å². The van der Waals surface area contributed by atoms with Crippen molar-refractivity contribution in [3.05, 3.63) is 0 Å². The van der Waals surface area contributed by atoms with Crippen LogP contribution in [0.1, 0.15) is 39.0 Å². The Balaban J connectivity index is 2.32. The third-order valence-electron chi connectivity index (χ3n) is 2.40. The van der Waals surface area contributed by atoms with E-state index >= 15 is 0 Å². The van der Waals surface area contributed by atoms with Crippen LogP contribution in [-0.2, 0) is 0 Å². The van der Waals surface area contributed by atoms with Crippen molar-refractivity contribution in [1.29, 1.82) is 5.26 Å². The summed E-state index contributed by atoms with van der Waals surface area (Å²) >= 11 is 2.01. The zero-order valence-electron chi connectivity index (χ0n) is 7.75. The highest BCUT2D eigenvalue weighted by Crippen LogP contribution is 2.33. The molecule has 0 saturated heterocycles. The molecule has 2 unspecified atom stereocenters. The molecule has 1 rings (SSSR count). The summed E-state index contributed by atoms with van der Waals surface area (Å²) in [5.74, 6) is 1.57. The van der Waals surface area contributed by atoms with Gasteiger partial charge in [0.25, 0.3) is 0 Å². The quantitative estimate of drug-likeness (QED) is 0.671. The fourth-order valence-corrected chi connectivity index (χ4v) is 3.01. The van der Waals surface area contributed by atoms with E-state index < -0.39 is 0 Å². The Bertz CT molecular complexity index is 162. The first-order chi connectivity index (χ1) is 5.88. The molecular formula is C10H17NS. The molecule has 2 heteroatoms. The van der Waals surface area contributed by atoms with E-state index in [1.165, 1.54) is 31.4 Å². The maximum Gasteiger partial charge on any atom is 0.0667 e. The Labute approximate surface area is 79.5 Å². The van der Waals surface area contributed by atoms with Gasteiger partial charge in [0.05, 0.1) is 12.0 Å². The van der Waals surface area contributed by atoms with Crippen molar-refractivity contribution in [1.82, 2.24) is 0 Å². The van der Waals surface area contributed by atoms with Crippen LogP contribution in [0.25, 0.3) is 0 Å². The maximum atomic E-state index is 8.90. The van der Waals surface area contributed by atoms with Gasteiger partial charge in [-0.05, 0) is 25.0 Å². The van der Waals surface area contributed by atoms with Crippen molar-refractivity contribution < 1.29 is 0 Å². The van der Waals surface area contributed by atoms with Gasteiger partial charge in [0.1, 0.15) is 0 Å². The van der Waals surface area contributed by atoms with Crippen molar-refractivity contribution >= 4 is 11.8 Å². The Morgan fingerprint density at radius 3 is 2.83 bits per heavy atom. The summed E-state index contributed by atoms with van der Waals surface area (Å²) in [6.07, 6.45) is 6.24. The molecule has 0 aromatic heterocycles. The summed E-state index contributed by atoms with van der Waals surface area (Å²) in [4.78, 5) is 0. The molecule has 1 nitrogen and oxygen atoms in total. The maximum absolute atomic E-state index is 8.90. The average molecular weight is 183 g/mol. The minimum atomic E-state index is 0.343. The van der Waals surface area contributed by atoms with E-state index in [-0.39, 0.29) is 0 Å². The van der Waals surface area contributed by atoms with Crippen molar-refractivity contribution in [2.45, 2.75) is 44.3 Å². The SMILES string of the molecule is CCCSC1CCCCC1C#N. The second-order valence-corrected chi connectivity index (χ2v) is 4.78. The molecule has 1 aliphatic rings. The van der Waals surface area contributed by atoms with Gasteiger partial charge in [0.2, 0.25) is 0 Å². The number of nitrogens with zero attached hydrogens (tertiary/aromatic N) is 1. The lowest BCUT2D eigenvalue weighted by Crippen LogP contribution is -2.20. The fourth-order valence-electron chi connectivity index (χ4n) is 1.71. The van der Waals surface area contributed by atoms with E-state index in [1.54, 1.807) is 0 Å². The summed E-state index contributed by atoms with van der Waals surface area (Å²) in [7, 11) is 0. The van der Waals surface area contributed by atoms with Crippen LogP contribution in [0, 0.1) is 17.2 Å². The van der Waals surface area contributed by atoms with Crippen LogP contribution in [0.4, 0.5) is 0 Å². The minimum Gasteiger partial charge on any atom is -0.198 e. The molecule has 2 atom stereocenters. The molecule has 1 fully saturated rings. The highest BCUT2D eigenvalue weighted by atomic mass is 32.2. The molecule has 0 aromatic rings. The fraction of sp³-hybridized carbons (Fsp3) is 0.900. The second-order valence-electron chi connectivity index (χ2n) is 3.43. The molecule has 0 aliphatic heterocycles. The summed E-state index contributed by atoms with van der Waals surface area (Å²) in [6.45, 7) is 2.21. The highest BCUT2D eigenvalue weighted by Gasteiger charge is 2.24. The summed E-state index contributed by atoms with van der Waals surface area (Å²) in [5.41, 5.74) is 0. The summed E-state index contributed by atoms with van der Waals surface area (Å²) in [5, 5.41) is 9.54. The predicted molar refractivity (Wildman–Crippen MR) is 54.1 cm³/mol. The van der Waals surface area contributed by atoms with Gasteiger partial charge >= 0.3 is 0 Å². The standard InChI is InChI=1S/C10H17NS/c1-2-7-12-10-6-4-3-5-9(10)8-11/h9-10H,2-7H2,1H3. The van der Waals surface area contributed by atoms with E-state index in [2.05, 4.69) is 13.0 Å². The van der Waals surface area contributed by atoms with Gasteiger partial charge in [-0.15, -0.1) is 0 Å². The first-order valence-corrected chi connectivity index (χ1v) is 5.94. The lowest BCUT2D eigenvalue weighted by molar-refractivity contribution is 0.439. The highest BCUT2D eigenvalue weighted by molar-refractivity contribution is 7.99. The van der Waals surface area contributed by atoms with E-state index in [9.17, 15) is 0 Å². The van der Waals surface area contributed by atoms with Gasteiger partial charge in [-0.3, -0.25) is 0 Å². The molecular weight excluding hydrogens is 166 g/mol. The average Bonchev–Trinajstić information content (AvgIpc) is 2.15. The van der Waals surface area contributed by atoms with Gasteiger partial charge < -0.3 is 0 Å². The summed E-state index contributed by atoms with van der Waals surface area (Å²) in [6, 6.07) is 2.44. The molecule has 0 radical (unpaired) electrons. The summed E-state index contributed by atoms with van der Waals surface area (Å²) < 4.78 is 0. The van der Waals surface area contributed by atoms with Gasteiger partial charge in [-0.2, -0.15) is 17.0 Å². The zero-order valence-corrected chi connectivity index (χ0v) is 8.57. The zero-order chi connectivity index (χ0) is 8.81. The number of hydrogen-bond donors (Lipinski definition) is 0. The molecule has 0 heterocycles. The third-order valence-corrected chi connectivity index (χ3v) is 4.04. The molecule has 0 N–H and O–H groups in total. The first-order valence-electron chi connectivity index (χ1n) is 4.89. The Morgan fingerprint density at radius 2 is 2.17 bits per heavy atom. The van der Waals surface area contributed by atoms with Crippen LogP contribution in [-0.4, -0.2) is 11.0 Å².